The summed E-state index contributed by atoms with van der Waals surface area (Å²) in [6, 6.07) is 5.08. The molecule has 0 aromatic carbocycles. The van der Waals surface area contributed by atoms with Crippen LogP contribution in [-0.2, 0) is 12.7 Å². The molecule has 7 heteroatoms. The lowest BCUT2D eigenvalue weighted by Gasteiger charge is -2.11. The SMILES string of the molecule is CNc1ccnc(Cn2cc(C(F)(F)F)ccc2=O)c1. The standard InChI is InChI=1S/C13H12F3N3O/c1-17-10-4-5-18-11(6-10)8-19-7-9(13(14,15)16)2-3-12(19)20/h2-7H,8H2,1H3,(H,17,18). The molecule has 0 radical (unpaired) electrons. The molecular formula is C13H12F3N3O. The van der Waals surface area contributed by atoms with Crippen molar-refractivity contribution in [2.45, 2.75) is 12.7 Å². The van der Waals surface area contributed by atoms with Gasteiger partial charge in [-0.3, -0.25) is 9.78 Å². The molecule has 0 aliphatic heterocycles. The molecule has 0 bridgehead atoms. The third kappa shape index (κ3) is 3.17. The largest absolute Gasteiger partial charge is 0.417 e. The number of hydrogen-bond donors (Lipinski definition) is 1. The maximum Gasteiger partial charge on any atom is 0.417 e. The predicted octanol–water partition coefficient (Wildman–Crippen LogP) is 2.35. The van der Waals surface area contributed by atoms with Gasteiger partial charge in [-0.15, -0.1) is 0 Å². The summed E-state index contributed by atoms with van der Waals surface area (Å²) in [5, 5.41) is 2.90. The highest BCUT2D eigenvalue weighted by molar-refractivity contribution is 5.42. The molecule has 2 rings (SSSR count). The van der Waals surface area contributed by atoms with Crippen LogP contribution >= 0.6 is 0 Å². The molecule has 0 aliphatic rings. The van der Waals surface area contributed by atoms with Gasteiger partial charge < -0.3 is 9.88 Å². The van der Waals surface area contributed by atoms with Crippen molar-refractivity contribution in [3.8, 4) is 0 Å². The van der Waals surface area contributed by atoms with Gasteiger partial charge in [-0.05, 0) is 18.2 Å². The molecule has 0 atom stereocenters. The second kappa shape index (κ2) is 5.36. The average Bonchev–Trinajstić information content (AvgIpc) is 2.40. The monoisotopic (exact) mass is 283 g/mol. The van der Waals surface area contributed by atoms with Crippen molar-refractivity contribution < 1.29 is 13.2 Å². The zero-order chi connectivity index (χ0) is 14.8. The predicted molar refractivity (Wildman–Crippen MR) is 68.6 cm³/mol. The van der Waals surface area contributed by atoms with Crippen LogP contribution in [0.4, 0.5) is 18.9 Å². The molecule has 2 heterocycles. The van der Waals surface area contributed by atoms with Gasteiger partial charge in [0.1, 0.15) is 0 Å². The number of anilines is 1. The third-order valence-electron chi connectivity index (χ3n) is 2.75. The van der Waals surface area contributed by atoms with Crippen LogP contribution in [0.1, 0.15) is 11.3 Å². The van der Waals surface area contributed by atoms with Crippen molar-refractivity contribution in [3.63, 3.8) is 0 Å². The van der Waals surface area contributed by atoms with Crippen molar-refractivity contribution in [1.29, 1.82) is 0 Å². The van der Waals surface area contributed by atoms with Crippen LogP contribution in [0.15, 0.2) is 41.5 Å². The zero-order valence-electron chi connectivity index (χ0n) is 10.6. The Hall–Kier alpha value is -2.31. The number of nitrogens with zero attached hydrogens (tertiary/aromatic N) is 2. The van der Waals surface area contributed by atoms with E-state index in [0.29, 0.717) is 5.69 Å². The van der Waals surface area contributed by atoms with E-state index in [4.69, 9.17) is 0 Å². The molecule has 0 saturated carbocycles. The molecule has 0 spiro atoms. The average molecular weight is 283 g/mol. The molecule has 0 saturated heterocycles. The minimum atomic E-state index is -4.48. The number of aromatic nitrogens is 2. The Balaban J connectivity index is 2.35. The van der Waals surface area contributed by atoms with Crippen LogP contribution < -0.4 is 10.9 Å². The smallest absolute Gasteiger partial charge is 0.388 e. The number of halogens is 3. The van der Waals surface area contributed by atoms with Crippen LogP contribution in [-0.4, -0.2) is 16.6 Å². The lowest BCUT2D eigenvalue weighted by Crippen LogP contribution is -2.22. The van der Waals surface area contributed by atoms with E-state index >= 15 is 0 Å². The van der Waals surface area contributed by atoms with Crippen molar-refractivity contribution >= 4 is 5.69 Å². The lowest BCUT2D eigenvalue weighted by molar-refractivity contribution is -0.138. The van der Waals surface area contributed by atoms with E-state index in [1.165, 1.54) is 6.20 Å². The van der Waals surface area contributed by atoms with Crippen molar-refractivity contribution in [1.82, 2.24) is 9.55 Å². The number of alkyl halides is 3. The van der Waals surface area contributed by atoms with Crippen LogP contribution in [0.3, 0.4) is 0 Å². The normalized spacial score (nSPS) is 11.4. The number of nitrogens with one attached hydrogen (secondary N) is 1. The molecule has 0 amide bonds. The van der Waals surface area contributed by atoms with Crippen LogP contribution in [0.25, 0.3) is 0 Å². The van der Waals surface area contributed by atoms with Gasteiger partial charge in [-0.2, -0.15) is 13.2 Å². The van der Waals surface area contributed by atoms with Crippen LogP contribution in [0.2, 0.25) is 0 Å². The summed E-state index contributed by atoms with van der Waals surface area (Å²) in [4.78, 5) is 15.6. The molecule has 0 aliphatic carbocycles. The van der Waals surface area contributed by atoms with E-state index in [1.54, 1.807) is 19.2 Å². The Kier molecular flexibility index (Phi) is 3.78. The van der Waals surface area contributed by atoms with Gasteiger partial charge in [0.25, 0.3) is 5.56 Å². The van der Waals surface area contributed by atoms with E-state index in [0.717, 1.165) is 28.6 Å². The Morgan fingerprint density at radius 2 is 2.05 bits per heavy atom. The van der Waals surface area contributed by atoms with Crippen molar-refractivity contribution in [2.75, 3.05) is 12.4 Å². The van der Waals surface area contributed by atoms with E-state index in [1.807, 2.05) is 0 Å². The molecule has 20 heavy (non-hydrogen) atoms. The highest BCUT2D eigenvalue weighted by Crippen LogP contribution is 2.28. The first-order valence-electron chi connectivity index (χ1n) is 5.80. The van der Waals surface area contributed by atoms with Crippen molar-refractivity contribution in [2.24, 2.45) is 0 Å². The molecule has 0 fully saturated rings. The molecule has 0 unspecified atom stereocenters. The molecule has 2 aromatic rings. The third-order valence-corrected chi connectivity index (χ3v) is 2.75. The highest BCUT2D eigenvalue weighted by atomic mass is 19.4. The summed E-state index contributed by atoms with van der Waals surface area (Å²) in [7, 11) is 1.72. The molecule has 4 nitrogen and oxygen atoms in total. The molecular weight excluding hydrogens is 271 g/mol. The number of pyridine rings is 2. The van der Waals surface area contributed by atoms with Gasteiger partial charge in [-0.25, -0.2) is 0 Å². The summed E-state index contributed by atoms with van der Waals surface area (Å²) in [5.41, 5.74) is -0.0927. The summed E-state index contributed by atoms with van der Waals surface area (Å²) in [6.07, 6.45) is -2.15. The van der Waals surface area contributed by atoms with Crippen LogP contribution in [0.5, 0.6) is 0 Å². The fraction of sp³-hybridized carbons (Fsp3) is 0.231. The van der Waals surface area contributed by atoms with Gasteiger partial charge in [0.2, 0.25) is 0 Å². The zero-order valence-corrected chi connectivity index (χ0v) is 10.6. The second-order valence-electron chi connectivity index (χ2n) is 4.17. The van der Waals surface area contributed by atoms with Gasteiger partial charge in [-0.1, -0.05) is 0 Å². The first-order valence-corrected chi connectivity index (χ1v) is 5.80. The van der Waals surface area contributed by atoms with Crippen molar-refractivity contribution in [3.05, 3.63) is 58.3 Å². The second-order valence-corrected chi connectivity index (χ2v) is 4.17. The Morgan fingerprint density at radius 1 is 1.30 bits per heavy atom. The fourth-order valence-corrected chi connectivity index (χ4v) is 1.72. The number of hydrogen-bond acceptors (Lipinski definition) is 3. The van der Waals surface area contributed by atoms with Crippen LogP contribution in [0, 0.1) is 0 Å². The Morgan fingerprint density at radius 3 is 2.70 bits per heavy atom. The summed E-state index contributed by atoms with van der Waals surface area (Å²) in [5.74, 6) is 0. The van der Waals surface area contributed by atoms with E-state index in [-0.39, 0.29) is 6.54 Å². The van der Waals surface area contributed by atoms with Gasteiger partial charge in [0.05, 0.1) is 17.8 Å². The molecule has 1 N–H and O–H groups in total. The minimum absolute atomic E-state index is 0.0156. The van der Waals surface area contributed by atoms with E-state index in [2.05, 4.69) is 10.3 Å². The van der Waals surface area contributed by atoms with Gasteiger partial charge in [0, 0.05) is 31.2 Å². The van der Waals surface area contributed by atoms with Gasteiger partial charge in [0.15, 0.2) is 0 Å². The highest BCUT2D eigenvalue weighted by Gasteiger charge is 2.31. The summed E-state index contributed by atoms with van der Waals surface area (Å²) < 4.78 is 38.8. The van der Waals surface area contributed by atoms with Gasteiger partial charge >= 0.3 is 6.18 Å². The first kappa shape index (κ1) is 14.1. The summed E-state index contributed by atoms with van der Waals surface area (Å²) in [6.45, 7) is -0.0156. The lowest BCUT2D eigenvalue weighted by atomic mass is 10.2. The maximum absolute atomic E-state index is 12.6. The summed E-state index contributed by atoms with van der Waals surface area (Å²) >= 11 is 0. The Labute approximate surface area is 112 Å². The van der Waals surface area contributed by atoms with E-state index < -0.39 is 17.3 Å². The number of rotatable bonds is 3. The topological polar surface area (TPSA) is 46.9 Å². The minimum Gasteiger partial charge on any atom is -0.388 e. The van der Waals surface area contributed by atoms with E-state index in [9.17, 15) is 18.0 Å². The molecule has 2 aromatic heterocycles. The first-order chi connectivity index (χ1) is 9.40. The maximum atomic E-state index is 12.6. The fourth-order valence-electron chi connectivity index (χ4n) is 1.72. The molecule has 106 valence electrons. The quantitative estimate of drug-likeness (QED) is 0.940. The Bertz CT molecular complexity index is 664.